The number of nitrogens with two attached hydrogens (primary N) is 2. The van der Waals surface area contributed by atoms with Gasteiger partial charge in [-0.05, 0) is 43.7 Å². The van der Waals surface area contributed by atoms with Gasteiger partial charge in [0.1, 0.15) is 17.9 Å². The highest BCUT2D eigenvalue weighted by atomic mass is 19.2. The van der Waals surface area contributed by atoms with Gasteiger partial charge in [-0.2, -0.15) is 0 Å². The maximum absolute atomic E-state index is 14.3. The molecule has 4 amide bonds. The van der Waals surface area contributed by atoms with Crippen LogP contribution in [0, 0.1) is 23.4 Å². The molecule has 9 nitrogen and oxygen atoms in total. The number of nitrogens with one attached hydrogen (secondary N) is 2. The van der Waals surface area contributed by atoms with Crippen LogP contribution in [-0.2, 0) is 25.6 Å². The summed E-state index contributed by atoms with van der Waals surface area (Å²) in [4.78, 5) is 50.8. The quantitative estimate of drug-likeness (QED) is 0.346. The lowest BCUT2D eigenvalue weighted by atomic mass is 10.0. The number of rotatable bonds is 10. The molecule has 1 aromatic rings. The lowest BCUT2D eigenvalue weighted by molar-refractivity contribution is -0.138. The monoisotopic (exact) mass is 499 g/mol. The number of carbonyl (C=O) groups excluding carboxylic acids is 4. The molecule has 0 aliphatic carbocycles. The summed E-state index contributed by atoms with van der Waals surface area (Å²) in [6.07, 6.45) is 0.254. The van der Waals surface area contributed by atoms with E-state index >= 15 is 0 Å². The standard InChI is InChI=1S/C23H32F3N5O4/c1-11(2)20(27)23(35)29-12(3)22(34)30-14(7-13-8-16(25)17(26)10-15(13)24)9-19(32)31-6-4-5-18(31)21(28)33/h8,10-12,14,18,20H,4-7,9,27H2,1-3H3,(H2,28,33)(H,29,35)(H,30,34)/t12?,14-,18?,20?/m1/s1. The zero-order valence-electron chi connectivity index (χ0n) is 19.9. The Hall–Kier alpha value is -3.15. The number of amides is 4. The fourth-order valence-electron chi connectivity index (χ4n) is 3.85. The van der Waals surface area contributed by atoms with E-state index in [1.54, 1.807) is 13.8 Å². The summed E-state index contributed by atoms with van der Waals surface area (Å²) in [6, 6.07) is -2.71. The minimum atomic E-state index is -1.37. The van der Waals surface area contributed by atoms with Gasteiger partial charge in [-0.1, -0.05) is 13.8 Å². The number of hydrogen-bond acceptors (Lipinski definition) is 5. The van der Waals surface area contributed by atoms with Crippen molar-refractivity contribution in [3.05, 3.63) is 35.1 Å². The Morgan fingerprint density at radius 3 is 2.26 bits per heavy atom. The summed E-state index contributed by atoms with van der Waals surface area (Å²) in [5.41, 5.74) is 10.9. The highest BCUT2D eigenvalue weighted by Gasteiger charge is 2.34. The third-order valence-corrected chi connectivity index (χ3v) is 6.00. The summed E-state index contributed by atoms with van der Waals surface area (Å²) in [5.74, 6) is -6.30. The zero-order chi connectivity index (χ0) is 26.4. The summed E-state index contributed by atoms with van der Waals surface area (Å²) in [6.45, 7) is 5.17. The molecule has 194 valence electrons. The van der Waals surface area contributed by atoms with E-state index in [0.29, 0.717) is 25.0 Å². The average molecular weight is 500 g/mol. The van der Waals surface area contributed by atoms with Crippen molar-refractivity contribution in [2.24, 2.45) is 17.4 Å². The molecule has 4 atom stereocenters. The fraction of sp³-hybridized carbons (Fsp3) is 0.565. The lowest BCUT2D eigenvalue weighted by Crippen LogP contribution is -2.54. The molecule has 1 saturated heterocycles. The molecular formula is C23H32F3N5O4. The van der Waals surface area contributed by atoms with Crippen LogP contribution in [-0.4, -0.2) is 59.2 Å². The van der Waals surface area contributed by atoms with Crippen LogP contribution in [0.25, 0.3) is 0 Å². The largest absolute Gasteiger partial charge is 0.368 e. The van der Waals surface area contributed by atoms with E-state index in [4.69, 9.17) is 11.5 Å². The second-order valence-electron chi connectivity index (χ2n) is 9.12. The van der Waals surface area contributed by atoms with Crippen molar-refractivity contribution in [1.29, 1.82) is 0 Å². The molecule has 6 N–H and O–H groups in total. The second kappa shape index (κ2) is 12.0. The first-order chi connectivity index (χ1) is 16.3. The van der Waals surface area contributed by atoms with E-state index in [1.165, 1.54) is 11.8 Å². The van der Waals surface area contributed by atoms with E-state index in [1.807, 2.05) is 0 Å². The molecule has 1 aromatic carbocycles. The molecule has 0 bridgehead atoms. The number of primary amides is 1. The predicted molar refractivity (Wildman–Crippen MR) is 121 cm³/mol. The molecule has 1 aliphatic rings. The molecule has 1 aliphatic heterocycles. The highest BCUT2D eigenvalue weighted by Crippen LogP contribution is 2.21. The van der Waals surface area contributed by atoms with Gasteiger partial charge in [0.25, 0.3) is 0 Å². The molecule has 2 rings (SSSR count). The molecule has 0 saturated carbocycles. The van der Waals surface area contributed by atoms with Gasteiger partial charge < -0.3 is 27.0 Å². The number of benzene rings is 1. The second-order valence-corrected chi connectivity index (χ2v) is 9.12. The molecule has 12 heteroatoms. The molecule has 1 heterocycles. The van der Waals surface area contributed by atoms with Gasteiger partial charge in [0, 0.05) is 25.1 Å². The summed E-state index contributed by atoms with van der Waals surface area (Å²) in [5, 5.41) is 5.03. The van der Waals surface area contributed by atoms with Crippen LogP contribution in [0.4, 0.5) is 13.2 Å². The predicted octanol–water partition coefficient (Wildman–Crippen LogP) is 0.486. The zero-order valence-corrected chi connectivity index (χ0v) is 19.9. The Labute approximate surface area is 201 Å². The van der Waals surface area contributed by atoms with E-state index < -0.39 is 65.2 Å². The highest BCUT2D eigenvalue weighted by molar-refractivity contribution is 5.90. The molecular weight excluding hydrogens is 467 g/mol. The van der Waals surface area contributed by atoms with Crippen molar-refractivity contribution in [3.8, 4) is 0 Å². The van der Waals surface area contributed by atoms with Crippen LogP contribution in [0.15, 0.2) is 12.1 Å². The first kappa shape index (κ1) is 28.1. The van der Waals surface area contributed by atoms with Crippen LogP contribution in [0.1, 0.15) is 45.6 Å². The van der Waals surface area contributed by atoms with Crippen LogP contribution in [0.5, 0.6) is 0 Å². The van der Waals surface area contributed by atoms with Gasteiger partial charge in [-0.15, -0.1) is 0 Å². The number of carbonyl (C=O) groups is 4. The molecule has 3 unspecified atom stereocenters. The summed E-state index contributed by atoms with van der Waals surface area (Å²) in [7, 11) is 0. The Morgan fingerprint density at radius 1 is 1.03 bits per heavy atom. The smallest absolute Gasteiger partial charge is 0.242 e. The number of halogens is 3. The van der Waals surface area contributed by atoms with Crippen molar-refractivity contribution >= 4 is 23.6 Å². The van der Waals surface area contributed by atoms with Crippen molar-refractivity contribution in [2.75, 3.05) is 6.54 Å². The molecule has 0 radical (unpaired) electrons. The summed E-state index contributed by atoms with van der Waals surface area (Å²) < 4.78 is 41.4. The van der Waals surface area contributed by atoms with Crippen LogP contribution >= 0.6 is 0 Å². The van der Waals surface area contributed by atoms with Crippen molar-refractivity contribution in [3.63, 3.8) is 0 Å². The van der Waals surface area contributed by atoms with Gasteiger partial charge in [-0.25, -0.2) is 13.2 Å². The first-order valence-electron chi connectivity index (χ1n) is 11.4. The molecule has 35 heavy (non-hydrogen) atoms. The Kier molecular flexibility index (Phi) is 9.64. The fourth-order valence-corrected chi connectivity index (χ4v) is 3.85. The maximum Gasteiger partial charge on any atom is 0.242 e. The normalized spacial score (nSPS) is 18.2. The Balaban J connectivity index is 2.20. The van der Waals surface area contributed by atoms with E-state index in [0.717, 1.165) is 0 Å². The first-order valence-corrected chi connectivity index (χ1v) is 11.4. The minimum Gasteiger partial charge on any atom is -0.368 e. The number of likely N-dealkylation sites (tertiary alicyclic amines) is 1. The van der Waals surface area contributed by atoms with Gasteiger partial charge >= 0.3 is 0 Å². The van der Waals surface area contributed by atoms with Crippen LogP contribution in [0.2, 0.25) is 0 Å². The van der Waals surface area contributed by atoms with Gasteiger partial charge in [0.2, 0.25) is 23.6 Å². The van der Waals surface area contributed by atoms with E-state index in [-0.39, 0.29) is 30.9 Å². The number of hydrogen-bond donors (Lipinski definition) is 4. The van der Waals surface area contributed by atoms with Crippen LogP contribution < -0.4 is 22.1 Å². The van der Waals surface area contributed by atoms with Crippen molar-refractivity contribution in [1.82, 2.24) is 15.5 Å². The third-order valence-electron chi connectivity index (χ3n) is 6.00. The topological polar surface area (TPSA) is 148 Å². The lowest BCUT2D eigenvalue weighted by Gasteiger charge is -2.27. The molecule has 1 fully saturated rings. The molecule has 0 spiro atoms. The van der Waals surface area contributed by atoms with Crippen molar-refractivity contribution in [2.45, 2.75) is 70.6 Å². The van der Waals surface area contributed by atoms with E-state index in [9.17, 15) is 32.3 Å². The van der Waals surface area contributed by atoms with E-state index in [2.05, 4.69) is 10.6 Å². The van der Waals surface area contributed by atoms with Crippen LogP contribution in [0.3, 0.4) is 0 Å². The number of nitrogens with zero attached hydrogens (tertiary/aromatic N) is 1. The van der Waals surface area contributed by atoms with Crippen molar-refractivity contribution < 1.29 is 32.3 Å². The SMILES string of the molecule is CC(NC(=O)C(N)C(C)C)C(=O)N[C@@H](CC(=O)N1CCCC1C(N)=O)Cc1cc(F)c(F)cc1F. The average Bonchev–Trinajstić information content (AvgIpc) is 3.27. The van der Waals surface area contributed by atoms with Gasteiger partial charge in [0.05, 0.1) is 6.04 Å². The molecule has 0 aromatic heterocycles. The third kappa shape index (κ3) is 7.41. The van der Waals surface area contributed by atoms with Gasteiger partial charge in [0.15, 0.2) is 11.6 Å². The summed E-state index contributed by atoms with van der Waals surface area (Å²) >= 11 is 0. The Morgan fingerprint density at radius 2 is 1.66 bits per heavy atom. The Bertz CT molecular complexity index is 975. The maximum atomic E-state index is 14.3. The van der Waals surface area contributed by atoms with Gasteiger partial charge in [-0.3, -0.25) is 19.2 Å². The minimum absolute atomic E-state index is 0.175.